The molecule has 1 saturated heterocycles. The predicted octanol–water partition coefficient (Wildman–Crippen LogP) is 1.92. The fourth-order valence-electron chi connectivity index (χ4n) is 3.61. The third-order valence-electron chi connectivity index (χ3n) is 5.51. The summed E-state index contributed by atoms with van der Waals surface area (Å²) in [6.07, 6.45) is 1.14. The van der Waals surface area contributed by atoms with Crippen molar-refractivity contribution in [3.63, 3.8) is 0 Å². The molecule has 9 heteroatoms. The maximum Gasteiger partial charge on any atom is 0.243 e. The number of sulfonamides is 1. The van der Waals surface area contributed by atoms with Crippen LogP contribution in [-0.4, -0.2) is 50.8 Å². The molecule has 0 saturated carbocycles. The summed E-state index contributed by atoms with van der Waals surface area (Å²) in [6.45, 7) is 2.42. The first kappa shape index (κ1) is 23.7. The summed E-state index contributed by atoms with van der Waals surface area (Å²) in [5.41, 5.74) is 0.964. The average Bonchev–Trinajstić information content (AvgIpc) is 2.83. The summed E-state index contributed by atoms with van der Waals surface area (Å²) in [5.74, 6) is -0.553. The molecule has 2 N–H and O–H groups in total. The second-order valence-electron chi connectivity index (χ2n) is 7.81. The Bertz CT molecular complexity index is 1030. The summed E-state index contributed by atoms with van der Waals surface area (Å²) in [6, 6.07) is 15.0. The van der Waals surface area contributed by atoms with E-state index in [4.69, 9.17) is 4.74 Å². The van der Waals surface area contributed by atoms with E-state index in [2.05, 4.69) is 10.6 Å². The Morgan fingerprint density at radius 2 is 1.81 bits per heavy atom. The monoisotopic (exact) mass is 459 g/mol. The Kier molecular flexibility index (Phi) is 7.87. The van der Waals surface area contributed by atoms with Crippen molar-refractivity contribution in [2.45, 2.75) is 37.2 Å². The lowest BCUT2D eigenvalue weighted by molar-refractivity contribution is -0.131. The molecule has 1 fully saturated rings. The highest BCUT2D eigenvalue weighted by molar-refractivity contribution is 7.89. The first-order valence-electron chi connectivity index (χ1n) is 10.6. The van der Waals surface area contributed by atoms with Gasteiger partial charge in [-0.3, -0.25) is 9.59 Å². The zero-order chi connectivity index (χ0) is 23.1. The van der Waals surface area contributed by atoms with Crippen LogP contribution in [0.4, 0.5) is 0 Å². The molecule has 2 amide bonds. The van der Waals surface area contributed by atoms with Gasteiger partial charge in [0.25, 0.3) is 0 Å². The number of carbonyl (C=O) groups is 2. The number of amides is 2. The van der Waals surface area contributed by atoms with Crippen molar-refractivity contribution in [3.8, 4) is 5.75 Å². The number of carbonyl (C=O) groups excluding carboxylic acids is 2. The lowest BCUT2D eigenvalue weighted by Gasteiger charge is -2.31. The number of hydrogen-bond acceptors (Lipinski definition) is 5. The third-order valence-corrected chi connectivity index (χ3v) is 7.39. The van der Waals surface area contributed by atoms with Gasteiger partial charge in [-0.05, 0) is 49.6 Å². The summed E-state index contributed by atoms with van der Waals surface area (Å²) >= 11 is 0. The van der Waals surface area contributed by atoms with Crippen molar-refractivity contribution >= 4 is 21.8 Å². The van der Waals surface area contributed by atoms with Gasteiger partial charge in [-0.1, -0.05) is 30.3 Å². The molecule has 1 heterocycles. The standard InChI is InChI=1S/C23H29N3O5S/c1-17(22(27)24-15-18-7-4-3-5-8-18)25-23(28)19-9-6-14-26(16-19)32(29,30)21-12-10-20(31-2)11-13-21/h3-5,7-8,10-13,17,19H,6,9,14-16H2,1-2H3,(H,24,27)(H,25,28)/t17-,19+/m0/s1. The number of benzene rings is 2. The summed E-state index contributed by atoms with van der Waals surface area (Å²) in [4.78, 5) is 25.3. The molecule has 0 spiro atoms. The summed E-state index contributed by atoms with van der Waals surface area (Å²) in [5, 5.41) is 5.52. The molecule has 2 aromatic rings. The Balaban J connectivity index is 1.56. The maximum absolute atomic E-state index is 13.0. The molecular formula is C23H29N3O5S. The van der Waals surface area contributed by atoms with Crippen LogP contribution in [0.1, 0.15) is 25.3 Å². The molecule has 1 aliphatic rings. The van der Waals surface area contributed by atoms with Gasteiger partial charge in [-0.15, -0.1) is 0 Å². The van der Waals surface area contributed by atoms with E-state index in [1.165, 1.54) is 23.5 Å². The minimum absolute atomic E-state index is 0.0819. The van der Waals surface area contributed by atoms with E-state index in [9.17, 15) is 18.0 Å². The van der Waals surface area contributed by atoms with E-state index in [0.29, 0.717) is 31.7 Å². The zero-order valence-electron chi connectivity index (χ0n) is 18.3. The Morgan fingerprint density at radius 3 is 2.47 bits per heavy atom. The average molecular weight is 460 g/mol. The van der Waals surface area contributed by atoms with Crippen LogP contribution in [0.2, 0.25) is 0 Å². The molecule has 0 bridgehead atoms. The van der Waals surface area contributed by atoms with Crippen molar-refractivity contribution in [2.75, 3.05) is 20.2 Å². The number of rotatable bonds is 8. The Hall–Kier alpha value is -2.91. The molecule has 1 aliphatic heterocycles. The zero-order valence-corrected chi connectivity index (χ0v) is 19.1. The van der Waals surface area contributed by atoms with Gasteiger partial charge in [0.15, 0.2) is 0 Å². The van der Waals surface area contributed by atoms with E-state index < -0.39 is 22.0 Å². The largest absolute Gasteiger partial charge is 0.497 e. The van der Waals surface area contributed by atoms with E-state index in [1.54, 1.807) is 19.1 Å². The minimum atomic E-state index is -3.72. The lowest BCUT2D eigenvalue weighted by Crippen LogP contribution is -2.50. The summed E-state index contributed by atoms with van der Waals surface area (Å²) < 4.78 is 32.4. The van der Waals surface area contributed by atoms with Crippen molar-refractivity contribution in [2.24, 2.45) is 5.92 Å². The van der Waals surface area contributed by atoms with Gasteiger partial charge in [-0.25, -0.2) is 8.42 Å². The molecule has 2 aromatic carbocycles. The lowest BCUT2D eigenvalue weighted by atomic mass is 9.98. The molecule has 0 aliphatic carbocycles. The van der Waals surface area contributed by atoms with Crippen molar-refractivity contribution < 1.29 is 22.7 Å². The molecule has 172 valence electrons. The molecule has 2 atom stereocenters. The smallest absolute Gasteiger partial charge is 0.243 e. The Morgan fingerprint density at radius 1 is 1.12 bits per heavy atom. The molecule has 32 heavy (non-hydrogen) atoms. The van der Waals surface area contributed by atoms with Crippen LogP contribution in [0.3, 0.4) is 0 Å². The van der Waals surface area contributed by atoms with Crippen LogP contribution in [0.25, 0.3) is 0 Å². The molecule has 0 radical (unpaired) electrons. The Labute approximate surface area is 189 Å². The topological polar surface area (TPSA) is 105 Å². The van der Waals surface area contributed by atoms with Crippen LogP contribution in [0.5, 0.6) is 5.75 Å². The molecular weight excluding hydrogens is 430 g/mol. The maximum atomic E-state index is 13.0. The number of methoxy groups -OCH3 is 1. The number of hydrogen-bond donors (Lipinski definition) is 2. The molecule has 0 unspecified atom stereocenters. The quantitative estimate of drug-likeness (QED) is 0.628. The van der Waals surface area contributed by atoms with Gasteiger partial charge in [0.2, 0.25) is 21.8 Å². The van der Waals surface area contributed by atoms with E-state index in [-0.39, 0.29) is 23.3 Å². The van der Waals surface area contributed by atoms with E-state index >= 15 is 0 Å². The molecule has 3 rings (SSSR count). The second-order valence-corrected chi connectivity index (χ2v) is 9.75. The summed E-state index contributed by atoms with van der Waals surface area (Å²) in [7, 11) is -2.20. The van der Waals surface area contributed by atoms with Crippen molar-refractivity contribution in [3.05, 3.63) is 60.2 Å². The third kappa shape index (κ3) is 5.86. The number of nitrogens with zero attached hydrogens (tertiary/aromatic N) is 1. The number of ether oxygens (including phenoxy) is 1. The fourth-order valence-corrected chi connectivity index (χ4v) is 5.13. The van der Waals surface area contributed by atoms with E-state index in [0.717, 1.165) is 5.56 Å². The van der Waals surface area contributed by atoms with Gasteiger partial charge >= 0.3 is 0 Å². The SMILES string of the molecule is COc1ccc(S(=O)(=O)N2CCC[C@@H](C(=O)N[C@@H](C)C(=O)NCc3ccccc3)C2)cc1. The second kappa shape index (κ2) is 10.6. The highest BCUT2D eigenvalue weighted by Gasteiger charge is 2.34. The van der Waals surface area contributed by atoms with Crippen molar-refractivity contribution in [1.82, 2.24) is 14.9 Å². The van der Waals surface area contributed by atoms with Crippen molar-refractivity contribution in [1.29, 1.82) is 0 Å². The van der Waals surface area contributed by atoms with Crippen LogP contribution in [-0.2, 0) is 26.2 Å². The first-order valence-corrected chi connectivity index (χ1v) is 12.0. The first-order chi connectivity index (χ1) is 15.3. The van der Waals surface area contributed by atoms with Gasteiger partial charge < -0.3 is 15.4 Å². The highest BCUT2D eigenvalue weighted by atomic mass is 32.2. The van der Waals surface area contributed by atoms with Crippen LogP contribution in [0, 0.1) is 5.92 Å². The van der Waals surface area contributed by atoms with E-state index in [1.807, 2.05) is 30.3 Å². The number of piperidine rings is 1. The van der Waals surface area contributed by atoms with Gasteiger partial charge in [0.05, 0.1) is 17.9 Å². The fraction of sp³-hybridized carbons (Fsp3) is 0.391. The van der Waals surface area contributed by atoms with Crippen LogP contribution in [0.15, 0.2) is 59.5 Å². The van der Waals surface area contributed by atoms with Gasteiger partial charge in [0.1, 0.15) is 11.8 Å². The highest BCUT2D eigenvalue weighted by Crippen LogP contribution is 2.25. The van der Waals surface area contributed by atoms with Gasteiger partial charge in [-0.2, -0.15) is 4.31 Å². The van der Waals surface area contributed by atoms with Gasteiger partial charge in [0, 0.05) is 19.6 Å². The minimum Gasteiger partial charge on any atom is -0.497 e. The van der Waals surface area contributed by atoms with Crippen LogP contribution < -0.4 is 15.4 Å². The molecule has 8 nitrogen and oxygen atoms in total. The normalized spacial score (nSPS) is 17.9. The van der Waals surface area contributed by atoms with Crippen LogP contribution >= 0.6 is 0 Å². The number of nitrogens with one attached hydrogen (secondary N) is 2. The molecule has 0 aromatic heterocycles. The predicted molar refractivity (Wildman–Crippen MR) is 120 cm³/mol.